The zero-order valence-corrected chi connectivity index (χ0v) is 16.8. The third kappa shape index (κ3) is 6.06. The number of nitrogens with zero attached hydrogens (tertiary/aromatic N) is 1. The molecule has 0 saturated carbocycles. The van der Waals surface area contributed by atoms with Gasteiger partial charge in [-0.3, -0.25) is 10.1 Å². The zero-order chi connectivity index (χ0) is 20.5. The van der Waals surface area contributed by atoms with Gasteiger partial charge in [-0.1, -0.05) is 60.7 Å². The van der Waals surface area contributed by atoms with Crippen molar-refractivity contribution in [1.82, 2.24) is 15.5 Å². The van der Waals surface area contributed by atoms with E-state index >= 15 is 0 Å². The van der Waals surface area contributed by atoms with Gasteiger partial charge < -0.3 is 15.0 Å². The molecule has 0 radical (unpaired) electrons. The molecular weight excluding hydrogens is 366 g/mol. The van der Waals surface area contributed by atoms with Crippen LogP contribution in [0.4, 0.5) is 4.79 Å². The van der Waals surface area contributed by atoms with Gasteiger partial charge in [0.1, 0.15) is 0 Å². The molecule has 0 spiro atoms. The summed E-state index contributed by atoms with van der Waals surface area (Å²) in [5, 5.41) is 6.48. The number of carbonyl (C=O) groups is 2. The molecule has 1 saturated heterocycles. The first-order valence-electron chi connectivity index (χ1n) is 10.2. The molecule has 2 aromatic carbocycles. The SMILES string of the molecule is CCOC(=O)N1CCC(NC(=O)CNC(c2ccccc2)c2ccccc2)CC1. The van der Waals surface area contributed by atoms with Gasteiger partial charge in [-0.15, -0.1) is 0 Å². The Morgan fingerprint density at radius 1 is 1.00 bits per heavy atom. The number of nitrogens with one attached hydrogen (secondary N) is 2. The maximum Gasteiger partial charge on any atom is 0.409 e. The van der Waals surface area contributed by atoms with Crippen molar-refractivity contribution in [2.24, 2.45) is 0 Å². The van der Waals surface area contributed by atoms with E-state index in [4.69, 9.17) is 4.74 Å². The minimum absolute atomic E-state index is 0.0311. The molecule has 1 fully saturated rings. The monoisotopic (exact) mass is 395 g/mol. The summed E-state index contributed by atoms with van der Waals surface area (Å²) in [6.07, 6.45) is 1.21. The summed E-state index contributed by atoms with van der Waals surface area (Å²) in [5.41, 5.74) is 2.24. The van der Waals surface area contributed by atoms with Crippen LogP contribution in [0.25, 0.3) is 0 Å². The highest BCUT2D eigenvalue weighted by atomic mass is 16.6. The Labute approximate surface area is 172 Å². The fourth-order valence-electron chi connectivity index (χ4n) is 3.61. The number of likely N-dealkylation sites (tertiary alicyclic amines) is 1. The van der Waals surface area contributed by atoms with Crippen molar-refractivity contribution in [3.63, 3.8) is 0 Å². The lowest BCUT2D eigenvalue weighted by atomic mass is 9.99. The summed E-state index contributed by atoms with van der Waals surface area (Å²) >= 11 is 0. The lowest BCUT2D eigenvalue weighted by molar-refractivity contribution is -0.121. The van der Waals surface area contributed by atoms with Gasteiger partial charge in [0.15, 0.2) is 0 Å². The van der Waals surface area contributed by atoms with Gasteiger partial charge in [-0.25, -0.2) is 4.79 Å². The molecule has 2 aromatic rings. The summed E-state index contributed by atoms with van der Waals surface area (Å²) in [5.74, 6) is -0.0311. The Bertz CT molecular complexity index is 735. The van der Waals surface area contributed by atoms with Crippen LogP contribution >= 0.6 is 0 Å². The van der Waals surface area contributed by atoms with Gasteiger partial charge in [-0.05, 0) is 30.9 Å². The van der Waals surface area contributed by atoms with E-state index in [2.05, 4.69) is 34.9 Å². The van der Waals surface area contributed by atoms with Crippen LogP contribution in [-0.4, -0.2) is 49.2 Å². The number of benzene rings is 2. The summed E-state index contributed by atoms with van der Waals surface area (Å²) in [7, 11) is 0. The van der Waals surface area contributed by atoms with E-state index in [1.807, 2.05) is 36.4 Å². The smallest absolute Gasteiger partial charge is 0.409 e. The van der Waals surface area contributed by atoms with Crippen molar-refractivity contribution in [3.8, 4) is 0 Å². The van der Waals surface area contributed by atoms with Gasteiger partial charge in [0, 0.05) is 19.1 Å². The van der Waals surface area contributed by atoms with Crippen LogP contribution in [0.15, 0.2) is 60.7 Å². The van der Waals surface area contributed by atoms with Crippen LogP contribution in [0.1, 0.15) is 36.9 Å². The lowest BCUT2D eigenvalue weighted by Gasteiger charge is -2.31. The van der Waals surface area contributed by atoms with Gasteiger partial charge in [0.05, 0.1) is 19.2 Å². The minimum atomic E-state index is -0.271. The summed E-state index contributed by atoms with van der Waals surface area (Å²) in [6.45, 7) is 3.62. The maximum absolute atomic E-state index is 12.5. The second-order valence-corrected chi connectivity index (χ2v) is 7.16. The van der Waals surface area contributed by atoms with Gasteiger partial charge in [0.25, 0.3) is 0 Å². The van der Waals surface area contributed by atoms with Crippen LogP contribution in [0.5, 0.6) is 0 Å². The molecule has 1 aliphatic rings. The van der Waals surface area contributed by atoms with Gasteiger partial charge in [0.2, 0.25) is 5.91 Å². The van der Waals surface area contributed by atoms with Crippen LogP contribution < -0.4 is 10.6 Å². The van der Waals surface area contributed by atoms with Crippen LogP contribution in [0.2, 0.25) is 0 Å². The minimum Gasteiger partial charge on any atom is -0.450 e. The molecule has 6 nitrogen and oxygen atoms in total. The molecule has 0 atom stereocenters. The fraction of sp³-hybridized carbons (Fsp3) is 0.391. The van der Waals surface area contributed by atoms with E-state index in [0.29, 0.717) is 19.7 Å². The summed E-state index contributed by atoms with van der Waals surface area (Å²) in [6, 6.07) is 20.3. The average Bonchev–Trinajstić information content (AvgIpc) is 2.76. The van der Waals surface area contributed by atoms with E-state index in [-0.39, 0.29) is 30.6 Å². The van der Waals surface area contributed by atoms with Crippen molar-refractivity contribution >= 4 is 12.0 Å². The second kappa shape index (κ2) is 10.6. The molecule has 0 unspecified atom stereocenters. The predicted molar refractivity (Wildman–Crippen MR) is 112 cm³/mol. The third-order valence-electron chi connectivity index (χ3n) is 5.12. The highest BCUT2D eigenvalue weighted by Crippen LogP contribution is 2.21. The molecule has 1 aliphatic heterocycles. The topological polar surface area (TPSA) is 70.7 Å². The number of carbonyl (C=O) groups excluding carboxylic acids is 2. The molecule has 3 rings (SSSR count). The number of hydrogen-bond acceptors (Lipinski definition) is 4. The standard InChI is InChI=1S/C23H29N3O3/c1-2-29-23(28)26-15-13-20(14-16-26)25-21(27)17-24-22(18-9-5-3-6-10-18)19-11-7-4-8-12-19/h3-12,20,22,24H,2,13-17H2,1H3,(H,25,27). The Hall–Kier alpha value is -2.86. The Kier molecular flexibility index (Phi) is 7.64. The molecule has 6 heteroatoms. The first kappa shape index (κ1) is 20.9. The largest absolute Gasteiger partial charge is 0.450 e. The van der Waals surface area contributed by atoms with E-state index in [1.165, 1.54) is 0 Å². The molecule has 154 valence electrons. The third-order valence-corrected chi connectivity index (χ3v) is 5.12. The van der Waals surface area contributed by atoms with Crippen molar-refractivity contribution in [1.29, 1.82) is 0 Å². The van der Waals surface area contributed by atoms with Crippen molar-refractivity contribution in [2.75, 3.05) is 26.2 Å². The number of hydrogen-bond donors (Lipinski definition) is 2. The predicted octanol–water partition coefficient (Wildman–Crippen LogP) is 3.10. The van der Waals surface area contributed by atoms with Crippen molar-refractivity contribution in [3.05, 3.63) is 71.8 Å². The lowest BCUT2D eigenvalue weighted by Crippen LogP contribution is -2.48. The van der Waals surface area contributed by atoms with E-state index in [9.17, 15) is 9.59 Å². The van der Waals surface area contributed by atoms with E-state index < -0.39 is 0 Å². The number of piperidine rings is 1. The molecule has 1 heterocycles. The molecular formula is C23H29N3O3. The average molecular weight is 396 g/mol. The highest BCUT2D eigenvalue weighted by molar-refractivity contribution is 5.78. The molecule has 0 aliphatic carbocycles. The quantitative estimate of drug-likeness (QED) is 0.756. The highest BCUT2D eigenvalue weighted by Gasteiger charge is 2.24. The molecule has 2 amide bonds. The first-order chi connectivity index (χ1) is 14.2. The summed E-state index contributed by atoms with van der Waals surface area (Å²) < 4.78 is 5.04. The first-order valence-corrected chi connectivity index (χ1v) is 10.2. The number of rotatable bonds is 7. The van der Waals surface area contributed by atoms with E-state index in [0.717, 1.165) is 24.0 Å². The molecule has 0 bridgehead atoms. The van der Waals surface area contributed by atoms with Crippen LogP contribution in [-0.2, 0) is 9.53 Å². The van der Waals surface area contributed by atoms with Crippen LogP contribution in [0.3, 0.4) is 0 Å². The molecule has 29 heavy (non-hydrogen) atoms. The van der Waals surface area contributed by atoms with Crippen LogP contribution in [0, 0.1) is 0 Å². The Balaban J connectivity index is 1.52. The molecule has 0 aromatic heterocycles. The number of amides is 2. The fourth-order valence-corrected chi connectivity index (χ4v) is 3.61. The Morgan fingerprint density at radius 2 is 1.55 bits per heavy atom. The zero-order valence-electron chi connectivity index (χ0n) is 16.8. The molecule has 2 N–H and O–H groups in total. The van der Waals surface area contributed by atoms with Gasteiger partial charge in [-0.2, -0.15) is 0 Å². The van der Waals surface area contributed by atoms with E-state index in [1.54, 1.807) is 11.8 Å². The Morgan fingerprint density at radius 3 is 2.07 bits per heavy atom. The van der Waals surface area contributed by atoms with Gasteiger partial charge >= 0.3 is 6.09 Å². The van der Waals surface area contributed by atoms with Crippen molar-refractivity contribution in [2.45, 2.75) is 31.8 Å². The maximum atomic E-state index is 12.5. The summed E-state index contributed by atoms with van der Waals surface area (Å²) in [4.78, 5) is 26.0. The second-order valence-electron chi connectivity index (χ2n) is 7.16. The van der Waals surface area contributed by atoms with Crippen molar-refractivity contribution < 1.29 is 14.3 Å². The number of ether oxygens (including phenoxy) is 1. The normalized spacial score (nSPS) is 14.6.